The van der Waals surface area contributed by atoms with Crippen molar-refractivity contribution in [2.45, 2.75) is 63.8 Å². The summed E-state index contributed by atoms with van der Waals surface area (Å²) in [5, 5.41) is 0. The zero-order valence-corrected chi connectivity index (χ0v) is 11.4. The van der Waals surface area contributed by atoms with Gasteiger partial charge in [-0.25, -0.2) is 4.79 Å². The minimum absolute atomic E-state index is 0.351. The average molecular weight is 250 g/mol. The fraction of sp³-hybridized carbons (Fsp3) is 0.933. The van der Waals surface area contributed by atoms with Crippen LogP contribution in [-0.2, 0) is 0 Å². The highest BCUT2D eigenvalue weighted by molar-refractivity contribution is 5.75. The van der Waals surface area contributed by atoms with Gasteiger partial charge in [-0.05, 0) is 50.9 Å². The summed E-state index contributed by atoms with van der Waals surface area (Å²) in [6.07, 6.45) is 11.7. The maximum Gasteiger partial charge on any atom is 0.320 e. The van der Waals surface area contributed by atoms with E-state index in [0.717, 1.165) is 25.6 Å². The van der Waals surface area contributed by atoms with Crippen LogP contribution in [0.1, 0.15) is 57.8 Å². The SMILES string of the molecule is O=C(N1CCCCC1)N1CCCC1C1CCCC1. The molecule has 1 unspecified atom stereocenters. The Kier molecular flexibility index (Phi) is 3.76. The summed E-state index contributed by atoms with van der Waals surface area (Å²) >= 11 is 0. The molecule has 2 aliphatic heterocycles. The third-order valence-corrected chi connectivity index (χ3v) is 5.12. The lowest BCUT2D eigenvalue weighted by molar-refractivity contribution is 0.125. The predicted molar refractivity (Wildman–Crippen MR) is 72.5 cm³/mol. The first-order valence-corrected chi connectivity index (χ1v) is 7.92. The minimum Gasteiger partial charge on any atom is -0.325 e. The fourth-order valence-electron chi connectivity index (χ4n) is 4.13. The zero-order chi connectivity index (χ0) is 12.4. The van der Waals surface area contributed by atoms with Crippen LogP contribution in [0.25, 0.3) is 0 Å². The maximum atomic E-state index is 12.6. The lowest BCUT2D eigenvalue weighted by Crippen LogP contribution is -2.48. The highest BCUT2D eigenvalue weighted by Crippen LogP contribution is 2.36. The summed E-state index contributed by atoms with van der Waals surface area (Å²) in [6.45, 7) is 3.00. The smallest absolute Gasteiger partial charge is 0.320 e. The summed E-state index contributed by atoms with van der Waals surface area (Å²) in [6, 6.07) is 0.922. The third-order valence-electron chi connectivity index (χ3n) is 5.12. The Morgan fingerprint density at radius 1 is 0.778 bits per heavy atom. The molecular formula is C15H26N2O. The van der Waals surface area contributed by atoms with Gasteiger partial charge in [0.05, 0.1) is 0 Å². The van der Waals surface area contributed by atoms with Crippen molar-refractivity contribution in [2.75, 3.05) is 19.6 Å². The number of hydrogen-bond acceptors (Lipinski definition) is 1. The maximum absolute atomic E-state index is 12.6. The average Bonchev–Trinajstić information content (AvgIpc) is 3.09. The van der Waals surface area contributed by atoms with E-state index in [1.54, 1.807) is 0 Å². The number of urea groups is 1. The lowest BCUT2D eigenvalue weighted by atomic mass is 9.96. The van der Waals surface area contributed by atoms with E-state index in [1.165, 1.54) is 57.8 Å². The molecule has 3 aliphatic rings. The Bertz CT molecular complexity index is 293. The van der Waals surface area contributed by atoms with Gasteiger partial charge >= 0.3 is 6.03 Å². The summed E-state index contributed by atoms with van der Waals surface area (Å²) < 4.78 is 0. The van der Waals surface area contributed by atoms with Gasteiger partial charge in [0.25, 0.3) is 0 Å². The Balaban J connectivity index is 1.63. The van der Waals surface area contributed by atoms with E-state index >= 15 is 0 Å². The minimum atomic E-state index is 0.351. The zero-order valence-electron chi connectivity index (χ0n) is 11.4. The van der Waals surface area contributed by atoms with Crippen LogP contribution in [-0.4, -0.2) is 41.5 Å². The molecule has 3 fully saturated rings. The number of carbonyl (C=O) groups is 1. The first-order valence-electron chi connectivity index (χ1n) is 7.92. The molecule has 0 bridgehead atoms. The van der Waals surface area contributed by atoms with E-state index in [2.05, 4.69) is 9.80 Å². The molecule has 18 heavy (non-hydrogen) atoms. The van der Waals surface area contributed by atoms with Gasteiger partial charge in [-0.2, -0.15) is 0 Å². The normalized spacial score (nSPS) is 30.1. The predicted octanol–water partition coefficient (Wildman–Crippen LogP) is 3.25. The Morgan fingerprint density at radius 2 is 1.50 bits per heavy atom. The molecule has 0 aromatic rings. The van der Waals surface area contributed by atoms with Crippen LogP contribution in [0, 0.1) is 5.92 Å². The number of hydrogen-bond donors (Lipinski definition) is 0. The molecule has 3 rings (SSSR count). The number of amides is 2. The molecule has 2 amide bonds. The van der Waals surface area contributed by atoms with Crippen LogP contribution in [0.2, 0.25) is 0 Å². The number of likely N-dealkylation sites (tertiary alicyclic amines) is 2. The van der Waals surface area contributed by atoms with Crippen LogP contribution >= 0.6 is 0 Å². The van der Waals surface area contributed by atoms with Gasteiger partial charge in [-0.15, -0.1) is 0 Å². The molecule has 0 aromatic carbocycles. The quantitative estimate of drug-likeness (QED) is 0.701. The number of piperidine rings is 1. The van der Waals surface area contributed by atoms with Gasteiger partial charge in [0, 0.05) is 25.7 Å². The molecule has 0 aromatic heterocycles. The molecule has 2 heterocycles. The molecule has 1 aliphatic carbocycles. The largest absolute Gasteiger partial charge is 0.325 e. The Hall–Kier alpha value is -0.730. The van der Waals surface area contributed by atoms with Gasteiger partial charge in [-0.3, -0.25) is 0 Å². The number of carbonyl (C=O) groups excluding carboxylic acids is 1. The van der Waals surface area contributed by atoms with Crippen molar-refractivity contribution in [3.05, 3.63) is 0 Å². The van der Waals surface area contributed by atoms with E-state index in [-0.39, 0.29) is 0 Å². The Labute approximate surface area is 111 Å². The van der Waals surface area contributed by atoms with Crippen molar-refractivity contribution in [3.63, 3.8) is 0 Å². The number of nitrogens with zero attached hydrogens (tertiary/aromatic N) is 2. The second-order valence-electron chi connectivity index (χ2n) is 6.28. The van der Waals surface area contributed by atoms with Crippen molar-refractivity contribution < 1.29 is 4.79 Å². The van der Waals surface area contributed by atoms with Crippen molar-refractivity contribution in [3.8, 4) is 0 Å². The molecule has 1 saturated carbocycles. The summed E-state index contributed by atoms with van der Waals surface area (Å²) in [5.74, 6) is 0.807. The van der Waals surface area contributed by atoms with E-state index in [0.29, 0.717) is 12.1 Å². The summed E-state index contributed by atoms with van der Waals surface area (Å²) in [5.41, 5.74) is 0. The number of rotatable bonds is 1. The monoisotopic (exact) mass is 250 g/mol. The van der Waals surface area contributed by atoms with Crippen LogP contribution in [0.3, 0.4) is 0 Å². The van der Waals surface area contributed by atoms with Crippen LogP contribution < -0.4 is 0 Å². The third kappa shape index (κ3) is 2.36. The summed E-state index contributed by atoms with van der Waals surface area (Å²) in [7, 11) is 0. The molecular weight excluding hydrogens is 224 g/mol. The molecule has 1 atom stereocenters. The molecule has 0 N–H and O–H groups in total. The first-order chi connectivity index (χ1) is 8.86. The van der Waals surface area contributed by atoms with Crippen molar-refractivity contribution >= 4 is 6.03 Å². The van der Waals surface area contributed by atoms with Gasteiger partial charge in [-0.1, -0.05) is 12.8 Å². The molecule has 3 heteroatoms. The molecule has 0 radical (unpaired) electrons. The molecule has 2 saturated heterocycles. The fourth-order valence-corrected chi connectivity index (χ4v) is 4.13. The van der Waals surface area contributed by atoms with Crippen molar-refractivity contribution in [1.29, 1.82) is 0 Å². The van der Waals surface area contributed by atoms with Gasteiger partial charge in [0.1, 0.15) is 0 Å². The second kappa shape index (κ2) is 5.50. The topological polar surface area (TPSA) is 23.6 Å². The highest BCUT2D eigenvalue weighted by Gasteiger charge is 2.37. The highest BCUT2D eigenvalue weighted by atomic mass is 16.2. The van der Waals surface area contributed by atoms with Gasteiger partial charge in [0.2, 0.25) is 0 Å². The van der Waals surface area contributed by atoms with E-state index in [1.807, 2.05) is 0 Å². The van der Waals surface area contributed by atoms with E-state index < -0.39 is 0 Å². The summed E-state index contributed by atoms with van der Waals surface area (Å²) in [4.78, 5) is 17.0. The second-order valence-corrected chi connectivity index (χ2v) is 6.28. The first kappa shape index (κ1) is 12.3. The standard InChI is InChI=1S/C15H26N2O/c18-15(16-10-4-1-5-11-16)17-12-6-9-14(17)13-7-2-3-8-13/h13-14H,1-12H2. The van der Waals surface area contributed by atoms with Gasteiger partial charge in [0.15, 0.2) is 0 Å². The van der Waals surface area contributed by atoms with E-state index in [9.17, 15) is 4.79 Å². The molecule has 3 nitrogen and oxygen atoms in total. The van der Waals surface area contributed by atoms with Crippen LogP contribution in [0.5, 0.6) is 0 Å². The van der Waals surface area contributed by atoms with Crippen molar-refractivity contribution in [1.82, 2.24) is 9.80 Å². The van der Waals surface area contributed by atoms with Crippen LogP contribution in [0.15, 0.2) is 0 Å². The van der Waals surface area contributed by atoms with Gasteiger partial charge < -0.3 is 9.80 Å². The van der Waals surface area contributed by atoms with Crippen LogP contribution in [0.4, 0.5) is 4.79 Å². The Morgan fingerprint density at radius 3 is 2.22 bits per heavy atom. The molecule has 0 spiro atoms. The molecule has 102 valence electrons. The lowest BCUT2D eigenvalue weighted by Gasteiger charge is -2.36. The van der Waals surface area contributed by atoms with Crippen molar-refractivity contribution in [2.24, 2.45) is 5.92 Å². The van der Waals surface area contributed by atoms with E-state index in [4.69, 9.17) is 0 Å².